The third-order valence-corrected chi connectivity index (χ3v) is 3.58. The monoisotopic (exact) mass is 283 g/mol. The zero-order valence-electron chi connectivity index (χ0n) is 9.51. The molecule has 9 heteroatoms. The first-order chi connectivity index (χ1) is 8.90. The van der Waals surface area contributed by atoms with Crippen molar-refractivity contribution >= 4 is 21.5 Å². The summed E-state index contributed by atoms with van der Waals surface area (Å²) >= 11 is 0. The molecule has 0 aliphatic heterocycles. The Bertz CT molecular complexity index is 712. The van der Waals surface area contributed by atoms with E-state index in [4.69, 9.17) is 11.1 Å². The van der Waals surface area contributed by atoms with Gasteiger partial charge in [-0.15, -0.1) is 0 Å². The van der Waals surface area contributed by atoms with Crippen molar-refractivity contribution in [3.63, 3.8) is 0 Å². The molecule has 0 bridgehead atoms. The third-order valence-electron chi connectivity index (χ3n) is 2.27. The largest absolute Gasteiger partial charge is 0.384 e. The van der Waals surface area contributed by atoms with Crippen LogP contribution >= 0.6 is 0 Å². The number of hydrogen-bond donors (Lipinski definition) is 4. The van der Waals surface area contributed by atoms with Crippen molar-refractivity contribution < 1.29 is 12.8 Å². The molecule has 0 unspecified atom stereocenters. The highest BCUT2D eigenvalue weighted by atomic mass is 32.2. The quantitative estimate of drug-likeness (QED) is 0.485. The van der Waals surface area contributed by atoms with Gasteiger partial charge >= 0.3 is 0 Å². The summed E-state index contributed by atoms with van der Waals surface area (Å²) in [6.45, 7) is 0. The number of nitrogen functional groups attached to an aromatic ring is 1. The molecule has 100 valence electrons. The van der Waals surface area contributed by atoms with Gasteiger partial charge in [-0.2, -0.15) is 8.42 Å². The number of anilines is 1. The summed E-state index contributed by atoms with van der Waals surface area (Å²) < 4.78 is 39.3. The van der Waals surface area contributed by atoms with Crippen molar-refractivity contribution in [1.82, 2.24) is 9.97 Å². The number of sulfonamides is 1. The van der Waals surface area contributed by atoms with Crippen molar-refractivity contribution in [2.45, 2.75) is 5.03 Å². The van der Waals surface area contributed by atoms with Gasteiger partial charge in [0, 0.05) is 5.69 Å². The molecule has 2 rings (SSSR count). The third kappa shape index (κ3) is 2.71. The van der Waals surface area contributed by atoms with E-state index in [1.54, 1.807) is 0 Å². The molecule has 0 atom stereocenters. The van der Waals surface area contributed by atoms with Gasteiger partial charge in [0.2, 0.25) is 0 Å². The number of aromatic nitrogens is 2. The van der Waals surface area contributed by atoms with Crippen LogP contribution in [0.15, 0.2) is 35.7 Å². The molecule has 0 saturated carbocycles. The molecule has 1 aromatic heterocycles. The van der Waals surface area contributed by atoms with Crippen LogP contribution in [0.1, 0.15) is 5.56 Å². The first-order valence-corrected chi connectivity index (χ1v) is 6.53. The summed E-state index contributed by atoms with van der Waals surface area (Å²) in [6.07, 6.45) is 2.36. The lowest BCUT2D eigenvalue weighted by Crippen LogP contribution is -2.16. The highest BCUT2D eigenvalue weighted by Crippen LogP contribution is 2.17. The van der Waals surface area contributed by atoms with Gasteiger partial charge < -0.3 is 10.7 Å². The molecular weight excluding hydrogens is 273 g/mol. The maximum atomic E-state index is 13.3. The van der Waals surface area contributed by atoms with Gasteiger partial charge in [0.25, 0.3) is 10.0 Å². The van der Waals surface area contributed by atoms with E-state index in [0.29, 0.717) is 0 Å². The topological polar surface area (TPSA) is 125 Å². The SMILES string of the molecule is N=C(N)c1cc(NS(=O)(=O)c2cnc[nH]2)ccc1F. The van der Waals surface area contributed by atoms with Crippen LogP contribution in [0.25, 0.3) is 0 Å². The van der Waals surface area contributed by atoms with Crippen LogP contribution in [-0.2, 0) is 10.0 Å². The van der Waals surface area contributed by atoms with Gasteiger partial charge in [-0.25, -0.2) is 9.37 Å². The van der Waals surface area contributed by atoms with Gasteiger partial charge in [-0.1, -0.05) is 0 Å². The minimum atomic E-state index is -3.83. The summed E-state index contributed by atoms with van der Waals surface area (Å²) in [4.78, 5) is 6.04. The van der Waals surface area contributed by atoms with E-state index in [2.05, 4.69) is 14.7 Å². The number of imidazole rings is 1. The van der Waals surface area contributed by atoms with E-state index in [0.717, 1.165) is 18.3 Å². The van der Waals surface area contributed by atoms with Crippen LogP contribution in [0.2, 0.25) is 0 Å². The Balaban J connectivity index is 2.35. The van der Waals surface area contributed by atoms with Gasteiger partial charge in [0.05, 0.1) is 18.1 Å². The van der Waals surface area contributed by atoms with E-state index < -0.39 is 21.7 Å². The molecule has 5 N–H and O–H groups in total. The standard InChI is InChI=1S/C10H10FN5O2S/c11-8-2-1-6(3-7(8)10(12)13)16-19(17,18)9-4-14-5-15-9/h1-5,16H,(H3,12,13)(H,14,15). The van der Waals surface area contributed by atoms with Crippen LogP contribution in [0.4, 0.5) is 10.1 Å². The molecule has 0 saturated heterocycles. The van der Waals surface area contributed by atoms with Crippen LogP contribution in [0, 0.1) is 11.2 Å². The predicted molar refractivity (Wildman–Crippen MR) is 66.8 cm³/mol. The molecule has 2 aromatic rings. The Morgan fingerprint density at radius 1 is 1.47 bits per heavy atom. The number of nitrogens with one attached hydrogen (secondary N) is 3. The highest BCUT2D eigenvalue weighted by molar-refractivity contribution is 7.92. The second-order valence-corrected chi connectivity index (χ2v) is 5.28. The number of amidine groups is 1. The van der Waals surface area contributed by atoms with Gasteiger partial charge in [0.1, 0.15) is 11.7 Å². The lowest BCUT2D eigenvalue weighted by atomic mass is 10.2. The summed E-state index contributed by atoms with van der Waals surface area (Å²) in [6, 6.07) is 3.41. The minimum absolute atomic E-state index is 0.0983. The van der Waals surface area contributed by atoms with Crippen molar-refractivity contribution in [3.05, 3.63) is 42.1 Å². The summed E-state index contributed by atoms with van der Waals surface area (Å²) in [5.74, 6) is -1.18. The van der Waals surface area contributed by atoms with Gasteiger partial charge in [-0.05, 0) is 18.2 Å². The molecular formula is C10H10FN5O2S. The molecule has 7 nitrogen and oxygen atoms in total. The number of nitrogens with two attached hydrogens (primary N) is 1. The molecule has 1 aromatic carbocycles. The Kier molecular flexibility index (Phi) is 3.21. The molecule has 0 radical (unpaired) electrons. The van der Waals surface area contributed by atoms with Gasteiger partial charge in [-0.3, -0.25) is 10.1 Å². The maximum Gasteiger partial charge on any atom is 0.278 e. The number of hydrogen-bond acceptors (Lipinski definition) is 4. The van der Waals surface area contributed by atoms with Crippen LogP contribution < -0.4 is 10.5 Å². The predicted octanol–water partition coefficient (Wildman–Crippen LogP) is 0.634. The summed E-state index contributed by atoms with van der Waals surface area (Å²) in [7, 11) is -3.83. The highest BCUT2D eigenvalue weighted by Gasteiger charge is 2.16. The molecule has 0 aliphatic rings. The van der Waals surface area contributed by atoms with Crippen LogP contribution in [0.5, 0.6) is 0 Å². The number of benzene rings is 1. The van der Waals surface area contributed by atoms with E-state index in [1.165, 1.54) is 12.4 Å². The smallest absolute Gasteiger partial charge is 0.278 e. The normalized spacial score (nSPS) is 11.2. The molecule has 0 aliphatic carbocycles. The fourth-order valence-corrected chi connectivity index (χ4v) is 2.35. The zero-order chi connectivity index (χ0) is 14.0. The lowest BCUT2D eigenvalue weighted by molar-refractivity contribution is 0.598. The second kappa shape index (κ2) is 4.69. The van der Waals surface area contributed by atoms with Crippen molar-refractivity contribution in [2.24, 2.45) is 5.73 Å². The number of H-pyrrole nitrogens is 1. The molecule has 0 amide bonds. The van der Waals surface area contributed by atoms with Crippen molar-refractivity contribution in [2.75, 3.05) is 4.72 Å². The van der Waals surface area contributed by atoms with E-state index in [-0.39, 0.29) is 16.3 Å². The summed E-state index contributed by atoms with van der Waals surface area (Å²) in [5, 5.41) is 7.06. The fourth-order valence-electron chi connectivity index (χ4n) is 1.40. The van der Waals surface area contributed by atoms with E-state index in [9.17, 15) is 12.8 Å². The number of rotatable bonds is 4. The lowest BCUT2D eigenvalue weighted by Gasteiger charge is -2.08. The number of nitrogens with zero attached hydrogens (tertiary/aromatic N) is 1. The van der Waals surface area contributed by atoms with Crippen LogP contribution in [-0.4, -0.2) is 24.2 Å². The number of aromatic amines is 1. The molecule has 1 heterocycles. The number of halogens is 1. The Morgan fingerprint density at radius 3 is 2.79 bits per heavy atom. The first kappa shape index (κ1) is 13.0. The second-order valence-electron chi connectivity index (χ2n) is 3.63. The van der Waals surface area contributed by atoms with Crippen LogP contribution in [0.3, 0.4) is 0 Å². The molecule has 19 heavy (non-hydrogen) atoms. The minimum Gasteiger partial charge on any atom is -0.384 e. The van der Waals surface area contributed by atoms with E-state index >= 15 is 0 Å². The van der Waals surface area contributed by atoms with Crippen molar-refractivity contribution in [3.8, 4) is 0 Å². The van der Waals surface area contributed by atoms with E-state index in [1.807, 2.05) is 0 Å². The maximum absolute atomic E-state index is 13.3. The van der Waals surface area contributed by atoms with Gasteiger partial charge in [0.15, 0.2) is 5.03 Å². The molecule has 0 fully saturated rings. The Labute approximate surface area is 108 Å². The Morgan fingerprint density at radius 2 is 2.21 bits per heavy atom. The summed E-state index contributed by atoms with van der Waals surface area (Å²) in [5.41, 5.74) is 5.11. The fraction of sp³-hybridized carbons (Fsp3) is 0. The average molecular weight is 283 g/mol. The molecule has 0 spiro atoms. The van der Waals surface area contributed by atoms with Crippen molar-refractivity contribution in [1.29, 1.82) is 5.41 Å². The first-order valence-electron chi connectivity index (χ1n) is 5.05. The average Bonchev–Trinajstić information content (AvgIpc) is 2.85. The Hall–Kier alpha value is -2.42. The zero-order valence-corrected chi connectivity index (χ0v) is 10.3.